The molecule has 0 heterocycles. The van der Waals surface area contributed by atoms with Crippen molar-refractivity contribution in [3.05, 3.63) is 89.2 Å². The Bertz CT molecular complexity index is 1090. The van der Waals surface area contributed by atoms with E-state index in [0.29, 0.717) is 10.7 Å². The van der Waals surface area contributed by atoms with Crippen LogP contribution in [-0.4, -0.2) is 14.3 Å². The molecule has 0 fully saturated rings. The van der Waals surface area contributed by atoms with Crippen molar-refractivity contribution in [1.82, 2.24) is 0 Å². The van der Waals surface area contributed by atoms with Crippen LogP contribution in [0.5, 0.6) is 0 Å². The minimum absolute atomic E-state index is 0.0329. The maximum absolute atomic E-state index is 13.2. The Labute approximate surface area is 160 Å². The van der Waals surface area contributed by atoms with Crippen molar-refractivity contribution in [3.8, 4) is 0 Å². The number of carbonyl (C=O) groups excluding carboxylic acids is 1. The monoisotopic (exact) mass is 404 g/mol. The van der Waals surface area contributed by atoms with Gasteiger partial charge in [-0.1, -0.05) is 23.7 Å². The zero-order chi connectivity index (χ0) is 19.4. The lowest BCUT2D eigenvalue weighted by Gasteiger charge is -2.10. The quantitative estimate of drug-likeness (QED) is 0.655. The second-order valence-electron chi connectivity index (χ2n) is 5.60. The molecule has 0 radical (unpaired) electrons. The van der Waals surface area contributed by atoms with Gasteiger partial charge in [-0.25, -0.2) is 12.8 Å². The topological polar surface area (TPSA) is 75.3 Å². The van der Waals surface area contributed by atoms with Gasteiger partial charge in [-0.15, -0.1) is 0 Å². The van der Waals surface area contributed by atoms with Crippen LogP contribution in [0.3, 0.4) is 0 Å². The molecule has 2 N–H and O–H groups in total. The third-order valence-electron chi connectivity index (χ3n) is 3.59. The van der Waals surface area contributed by atoms with Crippen LogP contribution in [-0.2, 0) is 10.0 Å². The molecule has 0 atom stereocenters. The Morgan fingerprint density at radius 1 is 0.889 bits per heavy atom. The summed E-state index contributed by atoms with van der Waals surface area (Å²) in [5.41, 5.74) is 0.749. The molecular formula is C19H14ClFN2O3S. The van der Waals surface area contributed by atoms with Crippen LogP contribution in [0.25, 0.3) is 0 Å². The fraction of sp³-hybridized carbons (Fsp3) is 0. The highest BCUT2D eigenvalue weighted by molar-refractivity contribution is 7.92. The first-order chi connectivity index (χ1) is 12.8. The van der Waals surface area contributed by atoms with Gasteiger partial charge in [-0.05, 0) is 60.7 Å². The van der Waals surface area contributed by atoms with Crippen molar-refractivity contribution in [1.29, 1.82) is 0 Å². The van der Waals surface area contributed by atoms with E-state index in [9.17, 15) is 17.6 Å². The molecule has 27 heavy (non-hydrogen) atoms. The highest BCUT2D eigenvalue weighted by atomic mass is 35.5. The smallest absolute Gasteiger partial charge is 0.261 e. The van der Waals surface area contributed by atoms with Crippen LogP contribution in [0, 0.1) is 5.82 Å². The summed E-state index contributed by atoms with van der Waals surface area (Å²) >= 11 is 5.79. The van der Waals surface area contributed by atoms with Crippen molar-refractivity contribution in [2.24, 2.45) is 0 Å². The summed E-state index contributed by atoms with van der Waals surface area (Å²) in [7, 11) is -3.86. The van der Waals surface area contributed by atoms with E-state index in [2.05, 4.69) is 10.0 Å². The first kappa shape index (κ1) is 18.9. The molecule has 0 aliphatic heterocycles. The zero-order valence-electron chi connectivity index (χ0n) is 13.8. The molecule has 0 saturated heterocycles. The third kappa shape index (κ3) is 4.84. The van der Waals surface area contributed by atoms with Gasteiger partial charge >= 0.3 is 0 Å². The normalized spacial score (nSPS) is 11.0. The Morgan fingerprint density at radius 3 is 2.30 bits per heavy atom. The number of halogens is 2. The molecule has 0 spiro atoms. The summed E-state index contributed by atoms with van der Waals surface area (Å²) in [4.78, 5) is 12.2. The van der Waals surface area contributed by atoms with Crippen LogP contribution in [0.4, 0.5) is 15.8 Å². The molecular weight excluding hydrogens is 391 g/mol. The molecule has 0 aliphatic carbocycles. The van der Waals surface area contributed by atoms with E-state index in [1.165, 1.54) is 48.5 Å². The molecule has 3 aromatic carbocycles. The second-order valence-corrected chi connectivity index (χ2v) is 7.72. The number of hydrogen-bond donors (Lipinski definition) is 2. The maximum atomic E-state index is 13.2. The average Bonchev–Trinajstić information content (AvgIpc) is 2.64. The molecule has 3 aromatic rings. The van der Waals surface area contributed by atoms with Gasteiger partial charge < -0.3 is 5.32 Å². The van der Waals surface area contributed by atoms with Gasteiger partial charge in [0.15, 0.2) is 0 Å². The van der Waals surface area contributed by atoms with E-state index in [-0.39, 0.29) is 16.1 Å². The van der Waals surface area contributed by atoms with Gasteiger partial charge in [0.05, 0.1) is 4.90 Å². The molecule has 0 saturated carbocycles. The Morgan fingerprint density at radius 2 is 1.59 bits per heavy atom. The predicted octanol–water partition coefficient (Wildman–Crippen LogP) is 4.53. The van der Waals surface area contributed by atoms with E-state index in [1.807, 2.05) is 0 Å². The van der Waals surface area contributed by atoms with E-state index in [0.717, 1.165) is 6.07 Å². The van der Waals surface area contributed by atoms with Crippen LogP contribution in [0.15, 0.2) is 77.7 Å². The number of sulfonamides is 1. The Kier molecular flexibility index (Phi) is 5.43. The van der Waals surface area contributed by atoms with Crippen LogP contribution >= 0.6 is 11.6 Å². The number of rotatable bonds is 5. The Balaban J connectivity index is 1.80. The van der Waals surface area contributed by atoms with Crippen molar-refractivity contribution in [2.75, 3.05) is 10.0 Å². The lowest BCUT2D eigenvalue weighted by Crippen LogP contribution is -2.15. The maximum Gasteiger partial charge on any atom is 0.261 e. The van der Waals surface area contributed by atoms with Crippen LogP contribution < -0.4 is 10.0 Å². The van der Waals surface area contributed by atoms with Crippen LogP contribution in [0.1, 0.15) is 10.4 Å². The van der Waals surface area contributed by atoms with E-state index in [1.54, 1.807) is 18.2 Å². The Hall–Kier alpha value is -2.90. The lowest BCUT2D eigenvalue weighted by atomic mass is 10.2. The first-order valence-electron chi connectivity index (χ1n) is 7.79. The fourth-order valence-corrected chi connectivity index (χ4v) is 3.54. The van der Waals surface area contributed by atoms with Crippen molar-refractivity contribution >= 4 is 38.9 Å². The van der Waals surface area contributed by atoms with Crippen molar-refractivity contribution in [2.45, 2.75) is 4.90 Å². The number of carbonyl (C=O) groups is 1. The second kappa shape index (κ2) is 7.77. The molecule has 8 heteroatoms. The molecule has 0 bridgehead atoms. The molecule has 3 rings (SSSR count). The number of amides is 1. The number of nitrogens with one attached hydrogen (secondary N) is 2. The molecule has 5 nitrogen and oxygen atoms in total. The number of hydrogen-bond acceptors (Lipinski definition) is 3. The summed E-state index contributed by atoms with van der Waals surface area (Å²) in [6.07, 6.45) is 0. The number of benzene rings is 3. The third-order valence-corrected chi connectivity index (χ3v) is 5.22. The van der Waals surface area contributed by atoms with Crippen molar-refractivity contribution < 1.29 is 17.6 Å². The summed E-state index contributed by atoms with van der Waals surface area (Å²) in [5.74, 6) is -1.08. The molecule has 0 unspecified atom stereocenters. The minimum Gasteiger partial charge on any atom is -0.322 e. The fourth-order valence-electron chi connectivity index (χ4n) is 2.31. The molecule has 0 aliphatic rings. The largest absolute Gasteiger partial charge is 0.322 e. The highest BCUT2D eigenvalue weighted by Crippen LogP contribution is 2.21. The lowest BCUT2D eigenvalue weighted by molar-refractivity contribution is 0.102. The molecule has 1 amide bonds. The van der Waals surface area contributed by atoms with E-state index in [4.69, 9.17) is 11.6 Å². The SMILES string of the molecule is O=C(Nc1cccc(S(=O)(=O)Nc2ccc(Cl)cc2)c1)c1cccc(F)c1. The predicted molar refractivity (Wildman–Crippen MR) is 103 cm³/mol. The van der Waals surface area contributed by atoms with Gasteiger partial charge in [0.25, 0.3) is 15.9 Å². The van der Waals surface area contributed by atoms with Gasteiger partial charge in [-0.2, -0.15) is 0 Å². The molecule has 0 aromatic heterocycles. The zero-order valence-corrected chi connectivity index (χ0v) is 15.4. The highest BCUT2D eigenvalue weighted by Gasteiger charge is 2.15. The molecule has 138 valence electrons. The van der Waals surface area contributed by atoms with Gasteiger partial charge in [0.2, 0.25) is 0 Å². The standard InChI is InChI=1S/C19H14ClFN2O3S/c20-14-7-9-16(10-8-14)23-27(25,26)18-6-2-5-17(12-18)22-19(24)13-3-1-4-15(21)11-13/h1-12,23H,(H,22,24). The minimum atomic E-state index is -3.86. The van der Waals surface area contributed by atoms with Crippen molar-refractivity contribution in [3.63, 3.8) is 0 Å². The van der Waals surface area contributed by atoms with Gasteiger partial charge in [0.1, 0.15) is 5.82 Å². The van der Waals surface area contributed by atoms with Gasteiger partial charge in [0, 0.05) is 22.0 Å². The van der Waals surface area contributed by atoms with E-state index < -0.39 is 21.7 Å². The summed E-state index contributed by atoms with van der Waals surface area (Å²) in [6.45, 7) is 0. The summed E-state index contributed by atoms with van der Waals surface area (Å²) in [6, 6.07) is 17.2. The average molecular weight is 405 g/mol. The summed E-state index contributed by atoms with van der Waals surface area (Å²) in [5, 5.41) is 3.04. The number of anilines is 2. The first-order valence-corrected chi connectivity index (χ1v) is 9.65. The van der Waals surface area contributed by atoms with Crippen LogP contribution in [0.2, 0.25) is 5.02 Å². The summed E-state index contributed by atoms with van der Waals surface area (Å²) < 4.78 is 40.7. The van der Waals surface area contributed by atoms with Gasteiger partial charge in [-0.3, -0.25) is 9.52 Å². The van der Waals surface area contributed by atoms with E-state index >= 15 is 0 Å².